The molecule has 0 saturated carbocycles. The molecular weight excluding hydrogens is 290 g/mol. The van der Waals surface area contributed by atoms with Gasteiger partial charge in [-0.15, -0.1) is 11.3 Å². The van der Waals surface area contributed by atoms with E-state index in [-0.39, 0.29) is 12.3 Å². The Balaban J connectivity index is 1.63. The predicted octanol–water partition coefficient (Wildman–Crippen LogP) is 2.59. The van der Waals surface area contributed by atoms with Crippen molar-refractivity contribution in [3.8, 4) is 0 Å². The Kier molecular flexibility index (Phi) is 6.20. The van der Waals surface area contributed by atoms with Gasteiger partial charge in [0.2, 0.25) is 0 Å². The van der Waals surface area contributed by atoms with Crippen LogP contribution in [0.4, 0.5) is 0 Å². The Hall–Kier alpha value is -1.40. The molecule has 0 saturated heterocycles. The number of thiophene rings is 1. The molecule has 0 aliphatic carbocycles. The van der Waals surface area contributed by atoms with E-state index in [0.29, 0.717) is 19.6 Å². The molecule has 1 amide bonds. The maximum atomic E-state index is 12.0. The van der Waals surface area contributed by atoms with E-state index in [9.17, 15) is 9.59 Å². The first-order chi connectivity index (χ1) is 10.2. The van der Waals surface area contributed by atoms with Gasteiger partial charge in [-0.3, -0.25) is 9.59 Å². The van der Waals surface area contributed by atoms with E-state index >= 15 is 0 Å². The lowest BCUT2D eigenvalue weighted by molar-refractivity contribution is -0.137. The summed E-state index contributed by atoms with van der Waals surface area (Å²) in [5, 5.41) is 11.4. The average Bonchev–Trinajstić information content (AvgIpc) is 2.89. The van der Waals surface area contributed by atoms with Crippen molar-refractivity contribution in [2.45, 2.75) is 45.1 Å². The van der Waals surface area contributed by atoms with Crippen LogP contribution in [0.25, 0.3) is 0 Å². The molecule has 2 heterocycles. The van der Waals surface area contributed by atoms with Crippen LogP contribution in [0.2, 0.25) is 0 Å². The first-order valence-corrected chi connectivity index (χ1v) is 8.18. The highest BCUT2D eigenvalue weighted by molar-refractivity contribution is 7.14. The number of hydrogen-bond donors (Lipinski definition) is 2. The van der Waals surface area contributed by atoms with Gasteiger partial charge < -0.3 is 15.2 Å². The van der Waals surface area contributed by atoms with Gasteiger partial charge in [0, 0.05) is 24.3 Å². The van der Waals surface area contributed by atoms with Crippen LogP contribution >= 0.6 is 11.3 Å². The van der Waals surface area contributed by atoms with Crippen molar-refractivity contribution in [1.29, 1.82) is 0 Å². The standard InChI is InChI=1S/C15H21NO4S/c17-14(18)5-3-1-2-4-7-16-15(19)13-9-11-10-20-8-6-12(11)21-13/h9H,1-8,10H2,(H,16,19)(H,17,18). The number of rotatable bonds is 8. The number of carbonyl (C=O) groups is 2. The van der Waals surface area contributed by atoms with Gasteiger partial charge >= 0.3 is 5.97 Å². The van der Waals surface area contributed by atoms with Crippen LogP contribution < -0.4 is 5.32 Å². The number of carboxylic acid groups (broad SMARTS) is 1. The Labute approximate surface area is 128 Å². The Bertz CT molecular complexity index is 474. The summed E-state index contributed by atoms with van der Waals surface area (Å²) in [6, 6.07) is 1.93. The number of amides is 1. The monoisotopic (exact) mass is 311 g/mol. The summed E-state index contributed by atoms with van der Waals surface area (Å²) in [7, 11) is 0. The second kappa shape index (κ2) is 8.14. The third kappa shape index (κ3) is 5.13. The number of aliphatic carboxylic acids is 1. The fraction of sp³-hybridized carbons (Fsp3) is 0.600. The number of fused-ring (bicyclic) bond motifs is 1. The molecule has 0 bridgehead atoms. The third-order valence-corrected chi connectivity index (χ3v) is 4.69. The minimum atomic E-state index is -0.742. The van der Waals surface area contributed by atoms with Crippen LogP contribution in [0.3, 0.4) is 0 Å². The van der Waals surface area contributed by atoms with Gasteiger partial charge in [0.1, 0.15) is 0 Å². The molecule has 0 unspecified atom stereocenters. The van der Waals surface area contributed by atoms with Gasteiger partial charge in [-0.25, -0.2) is 0 Å². The maximum absolute atomic E-state index is 12.0. The summed E-state index contributed by atoms with van der Waals surface area (Å²) < 4.78 is 5.38. The third-order valence-electron chi connectivity index (χ3n) is 3.45. The smallest absolute Gasteiger partial charge is 0.303 e. The molecule has 1 aromatic rings. The van der Waals surface area contributed by atoms with Crippen molar-refractivity contribution < 1.29 is 19.4 Å². The van der Waals surface area contributed by atoms with E-state index in [2.05, 4.69) is 5.32 Å². The van der Waals surface area contributed by atoms with E-state index in [4.69, 9.17) is 9.84 Å². The van der Waals surface area contributed by atoms with E-state index < -0.39 is 5.97 Å². The van der Waals surface area contributed by atoms with E-state index in [1.807, 2.05) is 6.07 Å². The number of carbonyl (C=O) groups excluding carboxylic acids is 1. The van der Waals surface area contributed by atoms with Crippen LogP contribution in [0.1, 0.15) is 52.2 Å². The number of hydrogen-bond acceptors (Lipinski definition) is 4. The Morgan fingerprint density at radius 3 is 2.86 bits per heavy atom. The van der Waals surface area contributed by atoms with E-state index in [0.717, 1.165) is 42.7 Å². The number of unbranched alkanes of at least 4 members (excludes halogenated alkanes) is 3. The summed E-state index contributed by atoms with van der Waals surface area (Å²) in [4.78, 5) is 24.4. The second-order valence-electron chi connectivity index (χ2n) is 5.18. The van der Waals surface area contributed by atoms with Gasteiger partial charge in [0.15, 0.2) is 0 Å². The van der Waals surface area contributed by atoms with Crippen LogP contribution in [0, 0.1) is 0 Å². The summed E-state index contributed by atoms with van der Waals surface area (Å²) in [6.45, 7) is 2.00. The fourth-order valence-corrected chi connectivity index (χ4v) is 3.37. The summed E-state index contributed by atoms with van der Waals surface area (Å²) in [5.74, 6) is -0.756. The number of nitrogens with one attached hydrogen (secondary N) is 1. The molecule has 0 atom stereocenters. The van der Waals surface area contributed by atoms with Crippen LogP contribution in [0.15, 0.2) is 6.07 Å². The zero-order valence-corrected chi connectivity index (χ0v) is 12.8. The topological polar surface area (TPSA) is 75.6 Å². The Morgan fingerprint density at radius 1 is 1.29 bits per heavy atom. The number of carboxylic acids is 1. The van der Waals surface area contributed by atoms with Gasteiger partial charge in [-0.05, 0) is 24.5 Å². The SMILES string of the molecule is O=C(O)CCCCCCNC(=O)c1cc2c(s1)CCOC2. The number of ether oxygens (including phenoxy) is 1. The molecule has 0 spiro atoms. The van der Waals surface area contributed by atoms with Crippen molar-refractivity contribution >= 4 is 23.2 Å². The van der Waals surface area contributed by atoms with E-state index in [1.54, 1.807) is 11.3 Å². The molecule has 5 nitrogen and oxygen atoms in total. The highest BCUT2D eigenvalue weighted by Gasteiger charge is 2.17. The van der Waals surface area contributed by atoms with Gasteiger partial charge in [-0.2, -0.15) is 0 Å². The van der Waals surface area contributed by atoms with Gasteiger partial charge in [0.25, 0.3) is 5.91 Å². The predicted molar refractivity (Wildman–Crippen MR) is 80.7 cm³/mol. The molecule has 1 aliphatic heterocycles. The van der Waals surface area contributed by atoms with Crippen molar-refractivity contribution in [3.05, 3.63) is 21.4 Å². The molecule has 1 aliphatic rings. The molecule has 2 rings (SSSR count). The van der Waals surface area contributed by atoms with Gasteiger partial charge in [0.05, 0.1) is 18.1 Å². The molecule has 6 heteroatoms. The minimum absolute atomic E-state index is 0.0139. The van der Waals surface area contributed by atoms with Crippen LogP contribution in [-0.4, -0.2) is 30.1 Å². The van der Waals surface area contributed by atoms with Crippen LogP contribution in [0.5, 0.6) is 0 Å². The maximum Gasteiger partial charge on any atom is 0.303 e. The fourth-order valence-electron chi connectivity index (χ4n) is 2.30. The first kappa shape index (κ1) is 16.0. The molecule has 0 aromatic carbocycles. The lowest BCUT2D eigenvalue weighted by Crippen LogP contribution is -2.23. The van der Waals surface area contributed by atoms with Crippen LogP contribution in [-0.2, 0) is 22.6 Å². The zero-order chi connectivity index (χ0) is 15.1. The molecule has 0 radical (unpaired) electrons. The van der Waals surface area contributed by atoms with Crippen molar-refractivity contribution in [2.24, 2.45) is 0 Å². The summed E-state index contributed by atoms with van der Waals surface area (Å²) in [5.41, 5.74) is 1.14. The molecule has 21 heavy (non-hydrogen) atoms. The molecule has 2 N–H and O–H groups in total. The van der Waals surface area contributed by atoms with Crippen molar-refractivity contribution in [3.63, 3.8) is 0 Å². The highest BCUT2D eigenvalue weighted by atomic mass is 32.1. The van der Waals surface area contributed by atoms with E-state index in [1.165, 1.54) is 4.88 Å². The average molecular weight is 311 g/mol. The second-order valence-corrected chi connectivity index (χ2v) is 6.31. The first-order valence-electron chi connectivity index (χ1n) is 7.36. The quantitative estimate of drug-likeness (QED) is 0.724. The van der Waals surface area contributed by atoms with Crippen molar-refractivity contribution in [1.82, 2.24) is 5.32 Å². The normalized spacial score (nSPS) is 13.7. The Morgan fingerprint density at radius 2 is 2.10 bits per heavy atom. The zero-order valence-electron chi connectivity index (χ0n) is 12.0. The largest absolute Gasteiger partial charge is 0.481 e. The minimum Gasteiger partial charge on any atom is -0.481 e. The summed E-state index contributed by atoms with van der Waals surface area (Å²) >= 11 is 1.56. The summed E-state index contributed by atoms with van der Waals surface area (Å²) in [6.07, 6.45) is 4.57. The molecule has 0 fully saturated rings. The molecule has 116 valence electrons. The molecule has 1 aromatic heterocycles. The van der Waals surface area contributed by atoms with Crippen molar-refractivity contribution in [2.75, 3.05) is 13.2 Å². The lowest BCUT2D eigenvalue weighted by atomic mass is 10.1. The molecular formula is C15H21NO4S. The van der Waals surface area contributed by atoms with Gasteiger partial charge in [-0.1, -0.05) is 12.8 Å². The highest BCUT2D eigenvalue weighted by Crippen LogP contribution is 2.26. The lowest BCUT2D eigenvalue weighted by Gasteiger charge is -2.10.